The van der Waals surface area contributed by atoms with E-state index in [-0.39, 0.29) is 11.5 Å². The highest BCUT2D eigenvalue weighted by molar-refractivity contribution is 7.19. The van der Waals surface area contributed by atoms with Crippen LogP contribution < -0.4 is 4.90 Å². The second-order valence-corrected chi connectivity index (χ2v) is 9.47. The molecule has 2 aliphatic rings. The van der Waals surface area contributed by atoms with Crippen LogP contribution in [0.15, 0.2) is 24.3 Å². The van der Waals surface area contributed by atoms with Crippen LogP contribution >= 0.6 is 11.3 Å². The summed E-state index contributed by atoms with van der Waals surface area (Å²) in [5.41, 5.74) is 1.57. The SMILES string of the molecule is Cc1nc(N2CCN(C(=O)c3ccccc3F)CC2)c2c3c(sc2n1)CC(C)CC3. The number of fused-ring (bicyclic) bond motifs is 3. The lowest BCUT2D eigenvalue weighted by atomic mass is 9.89. The van der Waals surface area contributed by atoms with Crippen molar-refractivity contribution in [3.63, 3.8) is 0 Å². The van der Waals surface area contributed by atoms with Gasteiger partial charge in [0.1, 0.15) is 22.3 Å². The first kappa shape index (κ1) is 19.4. The second-order valence-electron chi connectivity index (χ2n) is 8.39. The van der Waals surface area contributed by atoms with Crippen molar-refractivity contribution in [2.24, 2.45) is 5.92 Å². The summed E-state index contributed by atoms with van der Waals surface area (Å²) in [6.07, 6.45) is 3.42. The molecule has 0 bridgehead atoms. The third-order valence-electron chi connectivity index (χ3n) is 6.22. The van der Waals surface area contributed by atoms with Gasteiger partial charge in [0.2, 0.25) is 0 Å². The van der Waals surface area contributed by atoms with E-state index in [4.69, 9.17) is 9.97 Å². The molecule has 5 rings (SSSR count). The van der Waals surface area contributed by atoms with Gasteiger partial charge in [0.25, 0.3) is 5.91 Å². The number of thiophene rings is 1. The highest BCUT2D eigenvalue weighted by Gasteiger charge is 2.29. The minimum Gasteiger partial charge on any atom is -0.352 e. The lowest BCUT2D eigenvalue weighted by Gasteiger charge is -2.36. The summed E-state index contributed by atoms with van der Waals surface area (Å²) in [7, 11) is 0. The van der Waals surface area contributed by atoms with Gasteiger partial charge in [0.05, 0.1) is 10.9 Å². The molecule has 1 atom stereocenters. The lowest BCUT2D eigenvalue weighted by molar-refractivity contribution is 0.0742. The Labute approximate surface area is 179 Å². The van der Waals surface area contributed by atoms with Crippen LogP contribution in [0.1, 0.15) is 40.0 Å². The normalized spacial score (nSPS) is 19.2. The third kappa shape index (κ3) is 3.35. The molecular formula is C23H25FN4OS. The monoisotopic (exact) mass is 424 g/mol. The summed E-state index contributed by atoms with van der Waals surface area (Å²) in [5.74, 6) is 1.81. The summed E-state index contributed by atoms with van der Waals surface area (Å²) < 4.78 is 14.0. The molecule has 3 aromatic rings. The van der Waals surface area contributed by atoms with E-state index in [2.05, 4.69) is 11.8 Å². The van der Waals surface area contributed by atoms with Crippen LogP contribution in [0.4, 0.5) is 10.2 Å². The smallest absolute Gasteiger partial charge is 0.256 e. The Balaban J connectivity index is 1.41. The second kappa shape index (κ2) is 7.61. The number of piperazine rings is 1. The molecule has 156 valence electrons. The molecule has 5 nitrogen and oxygen atoms in total. The van der Waals surface area contributed by atoms with Crippen molar-refractivity contribution in [1.29, 1.82) is 0 Å². The molecule has 3 heterocycles. The molecular weight excluding hydrogens is 399 g/mol. The zero-order valence-electron chi connectivity index (χ0n) is 17.3. The zero-order valence-corrected chi connectivity index (χ0v) is 18.1. The molecule has 1 aliphatic heterocycles. The first-order valence-corrected chi connectivity index (χ1v) is 11.4. The van der Waals surface area contributed by atoms with Gasteiger partial charge in [-0.05, 0) is 49.8 Å². The van der Waals surface area contributed by atoms with Crippen molar-refractivity contribution in [3.8, 4) is 0 Å². The average molecular weight is 425 g/mol. The molecule has 1 fully saturated rings. The highest BCUT2D eigenvalue weighted by Crippen LogP contribution is 2.41. The molecule has 1 aromatic carbocycles. The number of halogens is 1. The summed E-state index contributed by atoms with van der Waals surface area (Å²) in [6, 6.07) is 6.20. The minimum atomic E-state index is -0.461. The van der Waals surface area contributed by atoms with Crippen molar-refractivity contribution >= 4 is 33.3 Å². The number of aromatic nitrogens is 2. The standard InChI is InChI=1S/C23H25FN4OS/c1-14-7-8-17-19(13-14)30-22-20(17)21(25-15(2)26-22)27-9-11-28(12-10-27)23(29)16-5-3-4-6-18(16)24/h3-6,14H,7-13H2,1-2H3. The van der Waals surface area contributed by atoms with Crippen molar-refractivity contribution < 1.29 is 9.18 Å². The molecule has 0 N–H and O–H groups in total. The molecule has 1 amide bonds. The summed E-state index contributed by atoms with van der Waals surface area (Å²) in [6.45, 7) is 6.75. The van der Waals surface area contributed by atoms with Crippen molar-refractivity contribution in [2.75, 3.05) is 31.1 Å². The molecule has 0 spiro atoms. The largest absolute Gasteiger partial charge is 0.352 e. The maximum absolute atomic E-state index is 14.0. The number of carbonyl (C=O) groups is 1. The topological polar surface area (TPSA) is 49.3 Å². The van der Waals surface area contributed by atoms with Crippen molar-refractivity contribution in [3.05, 3.63) is 51.9 Å². The van der Waals surface area contributed by atoms with E-state index < -0.39 is 5.82 Å². The molecule has 0 saturated carbocycles. The van der Waals surface area contributed by atoms with Crippen molar-refractivity contribution in [1.82, 2.24) is 14.9 Å². The number of aryl methyl sites for hydroxylation is 2. The maximum Gasteiger partial charge on any atom is 0.256 e. The molecule has 1 saturated heterocycles. The number of amides is 1. The molecule has 1 aliphatic carbocycles. The predicted octanol–water partition coefficient (Wildman–Crippen LogP) is 4.23. The van der Waals surface area contributed by atoms with Gasteiger partial charge in [-0.15, -0.1) is 11.3 Å². The summed E-state index contributed by atoms with van der Waals surface area (Å²) in [5, 5.41) is 1.21. The Morgan fingerprint density at radius 1 is 1.17 bits per heavy atom. The van der Waals surface area contributed by atoms with E-state index in [1.54, 1.807) is 23.1 Å². The molecule has 2 aromatic heterocycles. The van der Waals surface area contributed by atoms with E-state index in [1.807, 2.05) is 18.3 Å². The van der Waals surface area contributed by atoms with Gasteiger partial charge in [-0.2, -0.15) is 0 Å². The minimum absolute atomic E-state index is 0.146. The van der Waals surface area contributed by atoms with Gasteiger partial charge < -0.3 is 9.80 Å². The van der Waals surface area contributed by atoms with Gasteiger partial charge >= 0.3 is 0 Å². The maximum atomic E-state index is 14.0. The average Bonchev–Trinajstić information content (AvgIpc) is 3.10. The fourth-order valence-electron chi connectivity index (χ4n) is 4.58. The van der Waals surface area contributed by atoms with Crippen LogP contribution in [0.3, 0.4) is 0 Å². The van der Waals surface area contributed by atoms with E-state index in [1.165, 1.54) is 28.3 Å². The number of hydrogen-bond donors (Lipinski definition) is 0. The fraction of sp³-hybridized carbons (Fsp3) is 0.435. The Hall–Kier alpha value is -2.54. The summed E-state index contributed by atoms with van der Waals surface area (Å²) >= 11 is 1.82. The number of hydrogen-bond acceptors (Lipinski definition) is 5. The van der Waals surface area contributed by atoms with Gasteiger partial charge in [0, 0.05) is 31.1 Å². The molecule has 7 heteroatoms. The third-order valence-corrected chi connectivity index (χ3v) is 7.37. The quantitative estimate of drug-likeness (QED) is 0.618. The van der Waals surface area contributed by atoms with E-state index in [0.717, 1.165) is 35.2 Å². The van der Waals surface area contributed by atoms with Crippen LogP contribution in [0.5, 0.6) is 0 Å². The Morgan fingerprint density at radius 3 is 2.70 bits per heavy atom. The zero-order chi connectivity index (χ0) is 20.8. The van der Waals surface area contributed by atoms with Crippen LogP contribution in [0, 0.1) is 18.7 Å². The predicted molar refractivity (Wildman–Crippen MR) is 118 cm³/mol. The molecule has 30 heavy (non-hydrogen) atoms. The Bertz CT molecular complexity index is 1120. The first-order valence-electron chi connectivity index (χ1n) is 10.6. The van der Waals surface area contributed by atoms with Gasteiger partial charge in [0.15, 0.2) is 0 Å². The number of benzene rings is 1. The summed E-state index contributed by atoms with van der Waals surface area (Å²) in [4.78, 5) is 28.9. The Morgan fingerprint density at radius 2 is 1.93 bits per heavy atom. The highest BCUT2D eigenvalue weighted by atomic mass is 32.1. The van der Waals surface area contributed by atoms with Crippen LogP contribution in [0.2, 0.25) is 0 Å². The fourth-order valence-corrected chi connectivity index (χ4v) is 6.00. The number of nitrogens with zero attached hydrogens (tertiary/aromatic N) is 4. The molecule has 0 radical (unpaired) electrons. The van der Waals surface area contributed by atoms with Gasteiger partial charge in [-0.25, -0.2) is 14.4 Å². The number of rotatable bonds is 2. The van der Waals surface area contributed by atoms with Crippen molar-refractivity contribution in [2.45, 2.75) is 33.1 Å². The van der Waals surface area contributed by atoms with Gasteiger partial charge in [-0.1, -0.05) is 19.1 Å². The molecule has 1 unspecified atom stereocenters. The van der Waals surface area contributed by atoms with Crippen LogP contribution in [0.25, 0.3) is 10.2 Å². The van der Waals surface area contributed by atoms with E-state index in [9.17, 15) is 9.18 Å². The van der Waals surface area contributed by atoms with Crippen LogP contribution in [-0.2, 0) is 12.8 Å². The number of anilines is 1. The van der Waals surface area contributed by atoms with E-state index >= 15 is 0 Å². The Kier molecular flexibility index (Phi) is 4.93. The first-order chi connectivity index (χ1) is 14.5. The van der Waals surface area contributed by atoms with E-state index in [0.29, 0.717) is 26.2 Å². The lowest BCUT2D eigenvalue weighted by Crippen LogP contribution is -2.49. The van der Waals surface area contributed by atoms with Crippen LogP contribution in [-0.4, -0.2) is 47.0 Å². The van der Waals surface area contributed by atoms with Gasteiger partial charge in [-0.3, -0.25) is 4.79 Å². The number of carbonyl (C=O) groups excluding carboxylic acids is 1.